The van der Waals surface area contributed by atoms with Gasteiger partial charge in [0.15, 0.2) is 0 Å². The fraction of sp³-hybridized carbons (Fsp3) is 0.929. The molecule has 0 amide bonds. The monoisotopic (exact) mass is 252 g/mol. The lowest BCUT2D eigenvalue weighted by Crippen LogP contribution is -2.61. The highest BCUT2D eigenvalue weighted by atomic mass is 16.4. The van der Waals surface area contributed by atoms with Gasteiger partial charge in [0.25, 0.3) is 0 Å². The van der Waals surface area contributed by atoms with Crippen LogP contribution >= 0.6 is 0 Å². The highest BCUT2D eigenvalue weighted by Gasteiger charge is 2.49. The molecule has 3 aliphatic rings. The molecular formula is C14H24N2O2. The van der Waals surface area contributed by atoms with Gasteiger partial charge >= 0.3 is 5.97 Å². The minimum absolute atomic E-state index is 0.480. The van der Waals surface area contributed by atoms with Crippen LogP contribution in [0.5, 0.6) is 0 Å². The van der Waals surface area contributed by atoms with Crippen molar-refractivity contribution in [2.45, 2.75) is 63.1 Å². The van der Waals surface area contributed by atoms with Gasteiger partial charge in [-0.3, -0.25) is 14.6 Å². The van der Waals surface area contributed by atoms with Gasteiger partial charge in [-0.05, 0) is 58.5 Å². The van der Waals surface area contributed by atoms with Gasteiger partial charge in [-0.1, -0.05) is 0 Å². The largest absolute Gasteiger partial charge is 0.480 e. The van der Waals surface area contributed by atoms with Crippen molar-refractivity contribution in [3.05, 3.63) is 0 Å². The summed E-state index contributed by atoms with van der Waals surface area (Å²) in [5, 5.41) is 9.61. The van der Waals surface area contributed by atoms with E-state index in [-0.39, 0.29) is 0 Å². The van der Waals surface area contributed by atoms with E-state index in [0.29, 0.717) is 12.1 Å². The smallest absolute Gasteiger partial charge is 0.323 e. The maximum absolute atomic E-state index is 11.7. The molecule has 3 rings (SSSR count). The molecule has 0 aromatic heterocycles. The van der Waals surface area contributed by atoms with E-state index in [2.05, 4.69) is 9.80 Å². The molecule has 0 saturated carbocycles. The minimum atomic E-state index is -0.626. The van der Waals surface area contributed by atoms with Gasteiger partial charge in [-0.2, -0.15) is 0 Å². The van der Waals surface area contributed by atoms with Crippen LogP contribution in [0.3, 0.4) is 0 Å². The second-order valence-corrected chi connectivity index (χ2v) is 6.33. The Balaban J connectivity index is 1.83. The molecule has 0 spiro atoms. The van der Waals surface area contributed by atoms with Crippen LogP contribution < -0.4 is 0 Å². The first-order valence-electron chi connectivity index (χ1n) is 7.37. The summed E-state index contributed by atoms with van der Waals surface area (Å²) < 4.78 is 0. The number of likely N-dealkylation sites (tertiary alicyclic amines) is 1. The van der Waals surface area contributed by atoms with Crippen LogP contribution in [-0.4, -0.2) is 58.1 Å². The molecule has 3 atom stereocenters. The fourth-order valence-electron chi connectivity index (χ4n) is 4.32. The number of fused-ring (bicyclic) bond motifs is 1. The quantitative estimate of drug-likeness (QED) is 0.810. The van der Waals surface area contributed by atoms with Gasteiger partial charge in [0, 0.05) is 18.6 Å². The Morgan fingerprint density at radius 1 is 1.11 bits per heavy atom. The molecule has 4 nitrogen and oxygen atoms in total. The van der Waals surface area contributed by atoms with Crippen LogP contribution in [-0.2, 0) is 4.79 Å². The molecular weight excluding hydrogens is 228 g/mol. The molecule has 18 heavy (non-hydrogen) atoms. The lowest BCUT2D eigenvalue weighted by atomic mass is 9.85. The number of piperidine rings is 1. The summed E-state index contributed by atoms with van der Waals surface area (Å²) in [6, 6.07) is 1.11. The normalized spacial score (nSPS) is 42.1. The number of nitrogens with zero attached hydrogens (tertiary/aromatic N) is 2. The first-order valence-corrected chi connectivity index (χ1v) is 7.37. The predicted octanol–water partition coefficient (Wildman–Crippen LogP) is 1.55. The standard InChI is InChI=1S/C14H24N2O2/c1-14(13(17)18)7-2-3-9-16(14)12-6-10-15-8-4-5-11(12)15/h11-12H,2-10H2,1H3,(H,17,18). The van der Waals surface area contributed by atoms with E-state index in [9.17, 15) is 9.90 Å². The Labute approximate surface area is 109 Å². The van der Waals surface area contributed by atoms with E-state index in [0.717, 1.165) is 32.2 Å². The zero-order valence-corrected chi connectivity index (χ0v) is 11.3. The van der Waals surface area contributed by atoms with Crippen LogP contribution in [0, 0.1) is 0 Å². The SMILES string of the molecule is CC1(C(=O)O)CCCCN1C1CCN2CCCC12. The third-order valence-corrected chi connectivity index (χ3v) is 5.38. The van der Waals surface area contributed by atoms with Gasteiger partial charge < -0.3 is 5.11 Å². The van der Waals surface area contributed by atoms with Crippen molar-refractivity contribution >= 4 is 5.97 Å². The summed E-state index contributed by atoms with van der Waals surface area (Å²) in [7, 11) is 0. The van der Waals surface area contributed by atoms with E-state index < -0.39 is 11.5 Å². The third-order valence-electron chi connectivity index (χ3n) is 5.38. The van der Waals surface area contributed by atoms with Crippen LogP contribution in [0.15, 0.2) is 0 Å². The Kier molecular flexibility index (Phi) is 3.10. The highest BCUT2D eigenvalue weighted by molar-refractivity contribution is 5.78. The van der Waals surface area contributed by atoms with Crippen molar-refractivity contribution in [3.8, 4) is 0 Å². The molecule has 0 aromatic rings. The second-order valence-electron chi connectivity index (χ2n) is 6.33. The fourth-order valence-corrected chi connectivity index (χ4v) is 4.32. The molecule has 3 saturated heterocycles. The van der Waals surface area contributed by atoms with Gasteiger partial charge in [-0.25, -0.2) is 0 Å². The van der Waals surface area contributed by atoms with E-state index in [1.54, 1.807) is 0 Å². The Bertz CT molecular complexity index is 347. The average Bonchev–Trinajstić information content (AvgIpc) is 2.92. The molecule has 0 aliphatic carbocycles. The average molecular weight is 252 g/mol. The van der Waals surface area contributed by atoms with E-state index >= 15 is 0 Å². The van der Waals surface area contributed by atoms with Gasteiger partial charge in [-0.15, -0.1) is 0 Å². The molecule has 1 N–H and O–H groups in total. The number of rotatable bonds is 2. The molecule has 102 valence electrons. The van der Waals surface area contributed by atoms with Crippen LogP contribution in [0.4, 0.5) is 0 Å². The lowest BCUT2D eigenvalue weighted by molar-refractivity contribution is -0.155. The van der Waals surface area contributed by atoms with Crippen molar-refractivity contribution in [2.75, 3.05) is 19.6 Å². The molecule has 0 aromatic carbocycles. The summed E-state index contributed by atoms with van der Waals surface area (Å²) in [5.41, 5.74) is -0.623. The van der Waals surface area contributed by atoms with Crippen molar-refractivity contribution in [1.82, 2.24) is 9.80 Å². The molecule has 0 bridgehead atoms. The minimum Gasteiger partial charge on any atom is -0.480 e. The Morgan fingerprint density at radius 2 is 1.94 bits per heavy atom. The van der Waals surface area contributed by atoms with Gasteiger partial charge in [0.2, 0.25) is 0 Å². The highest BCUT2D eigenvalue weighted by Crippen LogP contribution is 2.38. The summed E-state index contributed by atoms with van der Waals surface area (Å²) in [4.78, 5) is 16.6. The molecule has 3 heterocycles. The second kappa shape index (κ2) is 4.49. The summed E-state index contributed by atoms with van der Waals surface area (Å²) >= 11 is 0. The number of hydrogen-bond donors (Lipinski definition) is 1. The number of carboxylic acids is 1. The number of hydrogen-bond acceptors (Lipinski definition) is 3. The number of carboxylic acid groups (broad SMARTS) is 1. The van der Waals surface area contributed by atoms with E-state index in [4.69, 9.17) is 0 Å². The summed E-state index contributed by atoms with van der Waals surface area (Å²) in [6.07, 6.45) is 6.74. The summed E-state index contributed by atoms with van der Waals surface area (Å²) in [5.74, 6) is -0.626. The number of carbonyl (C=O) groups is 1. The zero-order chi connectivity index (χ0) is 12.8. The maximum atomic E-state index is 11.7. The maximum Gasteiger partial charge on any atom is 0.323 e. The van der Waals surface area contributed by atoms with Gasteiger partial charge in [0.05, 0.1) is 0 Å². The van der Waals surface area contributed by atoms with Crippen LogP contribution in [0.25, 0.3) is 0 Å². The lowest BCUT2D eigenvalue weighted by Gasteiger charge is -2.46. The van der Waals surface area contributed by atoms with Crippen LogP contribution in [0.1, 0.15) is 45.4 Å². The summed E-state index contributed by atoms with van der Waals surface area (Å²) in [6.45, 7) is 5.30. The Morgan fingerprint density at radius 3 is 2.72 bits per heavy atom. The van der Waals surface area contributed by atoms with Crippen LogP contribution in [0.2, 0.25) is 0 Å². The van der Waals surface area contributed by atoms with E-state index in [1.165, 1.54) is 25.9 Å². The van der Waals surface area contributed by atoms with Crippen molar-refractivity contribution in [1.29, 1.82) is 0 Å². The van der Waals surface area contributed by atoms with Crippen molar-refractivity contribution in [2.24, 2.45) is 0 Å². The first kappa shape index (κ1) is 12.4. The molecule has 4 heteroatoms. The van der Waals surface area contributed by atoms with Gasteiger partial charge in [0.1, 0.15) is 5.54 Å². The predicted molar refractivity (Wildman–Crippen MR) is 69.6 cm³/mol. The van der Waals surface area contributed by atoms with Crippen molar-refractivity contribution < 1.29 is 9.90 Å². The van der Waals surface area contributed by atoms with E-state index in [1.807, 2.05) is 6.92 Å². The molecule has 3 fully saturated rings. The Hall–Kier alpha value is -0.610. The zero-order valence-electron chi connectivity index (χ0n) is 11.3. The molecule has 3 aliphatic heterocycles. The number of aliphatic carboxylic acids is 1. The first-order chi connectivity index (χ1) is 8.63. The van der Waals surface area contributed by atoms with Crippen molar-refractivity contribution in [3.63, 3.8) is 0 Å². The molecule has 0 radical (unpaired) electrons. The topological polar surface area (TPSA) is 43.8 Å². The molecule has 3 unspecified atom stereocenters. The third kappa shape index (κ3) is 1.77.